The van der Waals surface area contributed by atoms with Gasteiger partial charge in [-0.25, -0.2) is 0 Å². The lowest BCUT2D eigenvalue weighted by Crippen LogP contribution is -3.00. The van der Waals surface area contributed by atoms with Gasteiger partial charge in [-0.15, -0.1) is 0 Å². The van der Waals surface area contributed by atoms with Crippen LogP contribution in [0.4, 0.5) is 0 Å². The fourth-order valence-electron chi connectivity index (χ4n) is 3.74. The maximum atomic E-state index is 12.6. The monoisotopic (exact) mass is 312 g/mol. The van der Waals surface area contributed by atoms with Crippen molar-refractivity contribution in [1.29, 1.82) is 0 Å². The van der Waals surface area contributed by atoms with Gasteiger partial charge in [0.15, 0.2) is 6.20 Å². The molecule has 5 heteroatoms. The lowest BCUT2D eigenvalue weighted by Gasteiger charge is -2.11. The highest BCUT2D eigenvalue weighted by atomic mass is 35.5. The van der Waals surface area contributed by atoms with Crippen LogP contribution >= 0.6 is 0 Å². The number of aromatic nitrogens is 2. The van der Waals surface area contributed by atoms with Crippen molar-refractivity contribution in [2.24, 2.45) is 0 Å². The van der Waals surface area contributed by atoms with Gasteiger partial charge in [-0.1, -0.05) is 0 Å². The van der Waals surface area contributed by atoms with E-state index in [1.54, 1.807) is 22.6 Å². The molecule has 3 aromatic heterocycles. The zero-order valence-electron chi connectivity index (χ0n) is 11.7. The molecular formula is C17H13ClN2O2. The topological polar surface area (TPSA) is 45.6 Å². The fraction of sp³-hybridized carbons (Fsp3) is 0.176. The predicted molar refractivity (Wildman–Crippen MR) is 80.0 cm³/mol. The molecule has 0 atom stereocenters. The van der Waals surface area contributed by atoms with Gasteiger partial charge in [0.05, 0.1) is 5.52 Å². The highest BCUT2D eigenvalue weighted by Gasteiger charge is 2.26. The van der Waals surface area contributed by atoms with Crippen molar-refractivity contribution in [2.75, 3.05) is 0 Å². The molecule has 22 heavy (non-hydrogen) atoms. The number of halogens is 1. The molecule has 4 heterocycles. The first kappa shape index (κ1) is 13.3. The molecule has 4 aromatic rings. The van der Waals surface area contributed by atoms with Crippen LogP contribution in [0.3, 0.4) is 0 Å². The van der Waals surface area contributed by atoms with Crippen LogP contribution < -0.4 is 22.5 Å². The number of pyridine rings is 2. The van der Waals surface area contributed by atoms with Crippen LogP contribution in [0.15, 0.2) is 41.3 Å². The van der Waals surface area contributed by atoms with Crippen molar-refractivity contribution < 1.29 is 22.1 Å². The van der Waals surface area contributed by atoms with Crippen molar-refractivity contribution in [3.63, 3.8) is 0 Å². The molecule has 0 radical (unpaired) electrons. The second-order valence-corrected chi connectivity index (χ2v) is 5.77. The molecule has 110 valence electrons. The standard InChI is InChI=1S/C17H12N2O2.ClH/c20-11-3-4-14-13(9-11)12-5-7-18-6-1-2-10-8-15(21)19(14)17(12)16(10)18;/h3-5,7-9H,1-2,6H2;1H. The SMILES string of the molecule is O=c1cc2c3c4c(cc[n+]3CCC2)c2cc(O)ccc2n14.[Cl-]. The average Bonchev–Trinajstić information content (AvgIpc) is 2.81. The van der Waals surface area contributed by atoms with Gasteiger partial charge >= 0.3 is 0 Å². The van der Waals surface area contributed by atoms with E-state index in [1.807, 2.05) is 6.07 Å². The number of fused-ring (bicyclic) bond motifs is 3. The summed E-state index contributed by atoms with van der Waals surface area (Å²) in [6.07, 6.45) is 4.12. The summed E-state index contributed by atoms with van der Waals surface area (Å²) in [4.78, 5) is 12.6. The quantitative estimate of drug-likeness (QED) is 0.423. The summed E-state index contributed by atoms with van der Waals surface area (Å²) in [5.41, 5.74) is 4.16. The second-order valence-electron chi connectivity index (χ2n) is 5.77. The lowest BCUT2D eigenvalue weighted by atomic mass is 10.0. The summed E-state index contributed by atoms with van der Waals surface area (Å²) in [7, 11) is 0. The molecule has 1 N–H and O–H groups in total. The average molecular weight is 313 g/mol. The van der Waals surface area contributed by atoms with Crippen molar-refractivity contribution >= 4 is 27.3 Å². The van der Waals surface area contributed by atoms with Crippen LogP contribution in [0.1, 0.15) is 12.0 Å². The Kier molecular flexibility index (Phi) is 2.63. The number of phenolic OH excluding ortho intramolecular Hbond substituents is 1. The van der Waals surface area contributed by atoms with Crippen LogP contribution in [-0.2, 0) is 13.0 Å². The minimum absolute atomic E-state index is 0. The maximum Gasteiger partial charge on any atom is 0.256 e. The van der Waals surface area contributed by atoms with Crippen molar-refractivity contribution in [3.05, 3.63) is 52.4 Å². The van der Waals surface area contributed by atoms with Gasteiger partial charge in [0, 0.05) is 34.9 Å². The number of aryl methyl sites for hydroxylation is 2. The molecule has 0 amide bonds. The first-order valence-electron chi connectivity index (χ1n) is 7.19. The van der Waals surface area contributed by atoms with E-state index in [-0.39, 0.29) is 23.7 Å². The molecule has 0 spiro atoms. The van der Waals surface area contributed by atoms with E-state index >= 15 is 0 Å². The molecule has 0 saturated carbocycles. The molecule has 4 nitrogen and oxygen atoms in total. The first-order chi connectivity index (χ1) is 10.2. The number of phenols is 1. The molecule has 5 rings (SSSR count). The third kappa shape index (κ3) is 1.48. The summed E-state index contributed by atoms with van der Waals surface area (Å²) < 4.78 is 4.02. The summed E-state index contributed by atoms with van der Waals surface area (Å²) >= 11 is 0. The lowest BCUT2D eigenvalue weighted by molar-refractivity contribution is -0.674. The Labute approximate surface area is 132 Å². The molecule has 0 unspecified atom stereocenters. The van der Waals surface area contributed by atoms with Crippen LogP contribution in [0.5, 0.6) is 5.75 Å². The largest absolute Gasteiger partial charge is 1.00 e. The summed E-state index contributed by atoms with van der Waals surface area (Å²) in [5.74, 6) is 0.229. The smallest absolute Gasteiger partial charge is 0.256 e. The van der Waals surface area contributed by atoms with E-state index in [4.69, 9.17) is 0 Å². The number of hydrogen-bond donors (Lipinski definition) is 1. The van der Waals surface area contributed by atoms with Crippen molar-refractivity contribution in [2.45, 2.75) is 19.4 Å². The Morgan fingerprint density at radius 2 is 2.00 bits per heavy atom. The normalized spacial score (nSPS) is 13.8. The summed E-state index contributed by atoms with van der Waals surface area (Å²) in [5, 5.41) is 11.7. The molecule has 1 aromatic carbocycles. The molecule has 1 aliphatic heterocycles. The number of aromatic hydroxyl groups is 1. The molecule has 0 fully saturated rings. The highest BCUT2D eigenvalue weighted by molar-refractivity contribution is 6.12. The van der Waals surface area contributed by atoms with Gasteiger partial charge < -0.3 is 17.5 Å². The van der Waals surface area contributed by atoms with Crippen molar-refractivity contribution in [3.8, 4) is 5.75 Å². The van der Waals surface area contributed by atoms with Gasteiger partial charge in [-0.2, -0.15) is 4.57 Å². The van der Waals surface area contributed by atoms with Gasteiger partial charge in [0.1, 0.15) is 17.8 Å². The Balaban J connectivity index is 0.00000125. The minimum atomic E-state index is 0. The van der Waals surface area contributed by atoms with E-state index in [2.05, 4.69) is 16.8 Å². The Bertz CT molecular complexity index is 1100. The third-order valence-electron chi connectivity index (χ3n) is 4.59. The van der Waals surface area contributed by atoms with Crippen LogP contribution in [-0.4, -0.2) is 9.51 Å². The first-order valence-corrected chi connectivity index (χ1v) is 7.19. The van der Waals surface area contributed by atoms with E-state index in [0.717, 1.165) is 52.3 Å². The van der Waals surface area contributed by atoms with Crippen LogP contribution in [0.2, 0.25) is 0 Å². The van der Waals surface area contributed by atoms with Gasteiger partial charge in [-0.3, -0.25) is 9.20 Å². The van der Waals surface area contributed by atoms with Crippen molar-refractivity contribution in [1.82, 2.24) is 4.40 Å². The summed E-state index contributed by atoms with van der Waals surface area (Å²) in [6, 6.07) is 9.02. The Morgan fingerprint density at radius 3 is 2.86 bits per heavy atom. The van der Waals surface area contributed by atoms with E-state index in [9.17, 15) is 9.90 Å². The highest BCUT2D eigenvalue weighted by Crippen LogP contribution is 2.33. The molecule has 1 aliphatic rings. The van der Waals surface area contributed by atoms with E-state index in [1.165, 1.54) is 0 Å². The predicted octanol–water partition coefficient (Wildman–Crippen LogP) is -1.01. The number of hydrogen-bond acceptors (Lipinski definition) is 2. The second kappa shape index (κ2) is 4.34. The van der Waals surface area contributed by atoms with Gasteiger partial charge in [-0.05, 0) is 24.6 Å². The van der Waals surface area contributed by atoms with E-state index in [0.29, 0.717) is 0 Å². The third-order valence-corrected chi connectivity index (χ3v) is 4.59. The zero-order valence-corrected chi connectivity index (χ0v) is 12.5. The zero-order chi connectivity index (χ0) is 14.1. The van der Waals surface area contributed by atoms with Crippen LogP contribution in [0.25, 0.3) is 27.3 Å². The number of nitrogens with zero attached hydrogens (tertiary/aromatic N) is 2. The Morgan fingerprint density at radius 1 is 1.14 bits per heavy atom. The minimum Gasteiger partial charge on any atom is -1.00 e. The van der Waals surface area contributed by atoms with E-state index < -0.39 is 0 Å². The molecule has 0 saturated heterocycles. The maximum absolute atomic E-state index is 12.6. The molecule has 0 aliphatic carbocycles. The van der Waals surface area contributed by atoms with Gasteiger partial charge in [0.2, 0.25) is 5.52 Å². The molecule has 0 bridgehead atoms. The number of benzene rings is 1. The Hall–Kier alpha value is -2.33. The molecular weight excluding hydrogens is 300 g/mol. The fourth-order valence-corrected chi connectivity index (χ4v) is 3.74. The summed E-state index contributed by atoms with van der Waals surface area (Å²) in [6.45, 7) is 0.990. The van der Waals surface area contributed by atoms with Gasteiger partial charge in [0.25, 0.3) is 5.56 Å². The number of rotatable bonds is 0. The van der Waals surface area contributed by atoms with Crippen LogP contribution in [0, 0.1) is 0 Å².